The molecule has 0 aromatic heterocycles. The van der Waals surface area contributed by atoms with Crippen molar-refractivity contribution < 1.29 is 9.59 Å². The fourth-order valence-electron chi connectivity index (χ4n) is 0.391. The van der Waals surface area contributed by atoms with Gasteiger partial charge in [-0.2, -0.15) is 0 Å². The molecule has 0 saturated carbocycles. The van der Waals surface area contributed by atoms with Crippen LogP contribution < -0.4 is 0 Å². The van der Waals surface area contributed by atoms with Crippen LogP contribution in [0.15, 0.2) is 0 Å². The first-order valence-corrected chi connectivity index (χ1v) is 3.46. The van der Waals surface area contributed by atoms with Crippen molar-refractivity contribution >= 4 is 35.5 Å². The molecule has 2 nitrogen and oxygen atoms in total. The Hall–Kier alpha value is 0.0400. The summed E-state index contributed by atoms with van der Waals surface area (Å²) in [6, 6.07) is 0. The molecular weight excluding hydrogens is 156 g/mol. The monoisotopic (exact) mass is 164 g/mol. The van der Waals surface area contributed by atoms with Crippen LogP contribution in [0.5, 0.6) is 0 Å². The van der Waals surface area contributed by atoms with Crippen LogP contribution in [0, 0.1) is 0 Å². The van der Waals surface area contributed by atoms with Gasteiger partial charge in [-0.1, -0.05) is 0 Å². The summed E-state index contributed by atoms with van der Waals surface area (Å²) in [5.41, 5.74) is 0. The Morgan fingerprint density at radius 3 is 1.56 bits per heavy atom. The summed E-state index contributed by atoms with van der Waals surface area (Å²) in [5.74, 6) is 0. The molecule has 0 rings (SSSR count). The van der Waals surface area contributed by atoms with E-state index in [0.717, 1.165) is 0 Å². The van der Waals surface area contributed by atoms with E-state index in [2.05, 4.69) is 25.3 Å². The molecule has 0 radical (unpaired) electrons. The molecule has 4 heteroatoms. The maximum Gasteiger partial charge on any atom is 0.185 e. The molecule has 0 atom stereocenters. The second-order valence-electron chi connectivity index (χ2n) is 1.64. The molecule has 9 heavy (non-hydrogen) atoms. The first-order chi connectivity index (χ1) is 4.13. The molecule has 0 amide bonds. The van der Waals surface area contributed by atoms with Crippen LogP contribution in [-0.4, -0.2) is 10.2 Å². The number of hydrogen-bond donors (Lipinski definition) is 2. The van der Waals surface area contributed by atoms with Gasteiger partial charge in [0.15, 0.2) is 10.2 Å². The Bertz CT molecular complexity index is 108. The van der Waals surface area contributed by atoms with E-state index in [-0.39, 0.29) is 10.2 Å². The Kier molecular flexibility index (Phi) is 4.90. The molecule has 0 aliphatic carbocycles. The van der Waals surface area contributed by atoms with Gasteiger partial charge in [0.1, 0.15) is 0 Å². The van der Waals surface area contributed by atoms with Gasteiger partial charge in [0.25, 0.3) is 0 Å². The summed E-state index contributed by atoms with van der Waals surface area (Å²) in [4.78, 5) is 20.3. The van der Waals surface area contributed by atoms with E-state index in [4.69, 9.17) is 0 Å². The van der Waals surface area contributed by atoms with Crippen LogP contribution in [0.25, 0.3) is 0 Å². The van der Waals surface area contributed by atoms with Gasteiger partial charge in [0.05, 0.1) is 0 Å². The van der Waals surface area contributed by atoms with E-state index >= 15 is 0 Å². The smallest absolute Gasteiger partial charge is 0.185 e. The molecule has 0 N–H and O–H groups in total. The average Bonchev–Trinajstić information content (AvgIpc) is 1.63. The molecule has 0 aliphatic heterocycles. The highest BCUT2D eigenvalue weighted by atomic mass is 32.1. The summed E-state index contributed by atoms with van der Waals surface area (Å²) in [5, 5.41) is -0.353. The molecule has 0 bridgehead atoms. The van der Waals surface area contributed by atoms with E-state index < -0.39 is 0 Å². The number of rotatable bonds is 4. The van der Waals surface area contributed by atoms with Crippen molar-refractivity contribution in [2.75, 3.05) is 0 Å². The van der Waals surface area contributed by atoms with Gasteiger partial charge < -0.3 is 0 Å². The third-order valence-electron chi connectivity index (χ3n) is 0.781. The third kappa shape index (κ3) is 8.04. The van der Waals surface area contributed by atoms with Gasteiger partial charge >= 0.3 is 0 Å². The molecule has 0 spiro atoms. The number of carbonyl (C=O) groups is 2. The van der Waals surface area contributed by atoms with Crippen LogP contribution in [-0.2, 0) is 9.59 Å². The first kappa shape index (κ1) is 9.04. The second kappa shape index (κ2) is 4.88. The van der Waals surface area contributed by atoms with Crippen molar-refractivity contribution in [2.45, 2.75) is 19.3 Å². The maximum absolute atomic E-state index is 10.2. The van der Waals surface area contributed by atoms with Crippen molar-refractivity contribution in [3.8, 4) is 0 Å². The van der Waals surface area contributed by atoms with Crippen molar-refractivity contribution in [1.29, 1.82) is 0 Å². The fourth-order valence-corrected chi connectivity index (χ4v) is 0.707. The van der Waals surface area contributed by atoms with Crippen LogP contribution in [0.2, 0.25) is 0 Å². The van der Waals surface area contributed by atoms with E-state index in [0.29, 0.717) is 19.3 Å². The standard InChI is InChI=1S/C5H8O2S2/c6-4(8)2-1-3-5(7)9/h1-3H2,(H,6,8)(H,7,9). The van der Waals surface area contributed by atoms with Crippen molar-refractivity contribution in [3.05, 3.63) is 0 Å². The average molecular weight is 164 g/mol. The van der Waals surface area contributed by atoms with E-state index in [9.17, 15) is 9.59 Å². The van der Waals surface area contributed by atoms with Gasteiger partial charge in [-0.15, -0.1) is 25.3 Å². The van der Waals surface area contributed by atoms with E-state index in [1.807, 2.05) is 0 Å². The summed E-state index contributed by atoms with van der Waals surface area (Å²) >= 11 is 7.05. The third-order valence-corrected chi connectivity index (χ3v) is 1.23. The molecule has 0 saturated heterocycles. The van der Waals surface area contributed by atoms with Crippen LogP contribution >= 0.6 is 25.3 Å². The SMILES string of the molecule is O=C(S)CCCC(=O)S. The number of carbonyl (C=O) groups excluding carboxylic acids is 2. The second-order valence-corrected chi connectivity index (χ2v) is 2.64. The lowest BCUT2D eigenvalue weighted by Crippen LogP contribution is -1.90. The van der Waals surface area contributed by atoms with E-state index in [1.54, 1.807) is 0 Å². The summed E-state index contributed by atoms with van der Waals surface area (Å²) < 4.78 is 0. The predicted molar refractivity (Wildman–Crippen MR) is 41.8 cm³/mol. The fraction of sp³-hybridized carbons (Fsp3) is 0.600. The quantitative estimate of drug-likeness (QED) is 0.609. The molecule has 0 unspecified atom stereocenters. The molecular formula is C5H8O2S2. The topological polar surface area (TPSA) is 34.1 Å². The predicted octanol–water partition coefficient (Wildman–Crippen LogP) is 1.07. The summed E-state index contributed by atoms with van der Waals surface area (Å²) in [7, 11) is 0. The summed E-state index contributed by atoms with van der Waals surface area (Å²) in [6.45, 7) is 0. The Balaban J connectivity index is 3.10. The van der Waals surface area contributed by atoms with Crippen molar-refractivity contribution in [2.24, 2.45) is 0 Å². The highest BCUT2D eigenvalue weighted by Gasteiger charge is 1.96. The highest BCUT2D eigenvalue weighted by molar-refractivity contribution is 7.96. The van der Waals surface area contributed by atoms with Gasteiger partial charge in [-0.25, -0.2) is 0 Å². The molecule has 0 aliphatic rings. The molecule has 0 aromatic carbocycles. The zero-order valence-corrected chi connectivity index (χ0v) is 6.62. The lowest BCUT2D eigenvalue weighted by atomic mass is 10.3. The Labute approximate surface area is 64.8 Å². The normalized spacial score (nSPS) is 9.11. The van der Waals surface area contributed by atoms with Crippen LogP contribution in [0.4, 0.5) is 0 Å². The van der Waals surface area contributed by atoms with Gasteiger partial charge in [-0.05, 0) is 6.42 Å². The lowest BCUT2D eigenvalue weighted by molar-refractivity contribution is -0.111. The summed E-state index contributed by atoms with van der Waals surface area (Å²) in [6.07, 6.45) is 1.27. The van der Waals surface area contributed by atoms with E-state index in [1.165, 1.54) is 0 Å². The zero-order chi connectivity index (χ0) is 7.28. The van der Waals surface area contributed by atoms with Crippen LogP contribution in [0.1, 0.15) is 19.3 Å². The maximum atomic E-state index is 10.2. The largest absolute Gasteiger partial charge is 0.288 e. The number of thiol groups is 2. The molecule has 0 fully saturated rings. The minimum absolute atomic E-state index is 0.176. The first-order valence-electron chi connectivity index (χ1n) is 2.56. The van der Waals surface area contributed by atoms with Crippen LogP contribution in [0.3, 0.4) is 0 Å². The van der Waals surface area contributed by atoms with Gasteiger partial charge in [-0.3, -0.25) is 9.59 Å². The lowest BCUT2D eigenvalue weighted by Gasteiger charge is -1.89. The minimum atomic E-state index is -0.176. The molecule has 0 aromatic rings. The zero-order valence-electron chi connectivity index (χ0n) is 4.83. The Morgan fingerprint density at radius 2 is 1.33 bits per heavy atom. The highest BCUT2D eigenvalue weighted by Crippen LogP contribution is 2.00. The number of hydrogen-bond acceptors (Lipinski definition) is 2. The Morgan fingerprint density at radius 1 is 1.00 bits per heavy atom. The minimum Gasteiger partial charge on any atom is -0.288 e. The molecule has 52 valence electrons. The van der Waals surface area contributed by atoms with Crippen molar-refractivity contribution in [3.63, 3.8) is 0 Å². The van der Waals surface area contributed by atoms with Gasteiger partial charge in [0, 0.05) is 12.8 Å². The van der Waals surface area contributed by atoms with Gasteiger partial charge in [0.2, 0.25) is 0 Å². The van der Waals surface area contributed by atoms with Crippen molar-refractivity contribution in [1.82, 2.24) is 0 Å². The molecule has 0 heterocycles.